The maximum absolute atomic E-state index is 11.2. The molecule has 0 aliphatic heterocycles. The van der Waals surface area contributed by atoms with Gasteiger partial charge in [-0.05, 0) is 36.8 Å². The Morgan fingerprint density at radius 2 is 2.06 bits per heavy atom. The van der Waals surface area contributed by atoms with Crippen molar-refractivity contribution in [3.8, 4) is 17.0 Å². The molecule has 18 heavy (non-hydrogen) atoms. The Bertz CT molecular complexity index is 576. The van der Waals surface area contributed by atoms with E-state index in [0.717, 1.165) is 16.9 Å². The molecule has 0 amide bonds. The normalized spacial score (nSPS) is 10.3. The Morgan fingerprint density at radius 3 is 2.67 bits per heavy atom. The summed E-state index contributed by atoms with van der Waals surface area (Å²) in [6.07, 6.45) is 0. The van der Waals surface area contributed by atoms with E-state index in [2.05, 4.69) is 10.2 Å². The van der Waals surface area contributed by atoms with Gasteiger partial charge in [-0.3, -0.25) is 4.79 Å². The Labute approximate surface area is 105 Å². The molecule has 2 aromatic rings. The third-order valence-electron chi connectivity index (χ3n) is 2.55. The molecular weight excluding hydrogens is 230 g/mol. The molecule has 94 valence electrons. The number of hydrogen-bond donors (Lipinski definition) is 2. The van der Waals surface area contributed by atoms with Gasteiger partial charge in [0.2, 0.25) is 0 Å². The minimum Gasteiger partial charge on any atom is -0.494 e. The molecule has 1 aromatic carbocycles. The second kappa shape index (κ2) is 5.46. The second-order valence-electron chi connectivity index (χ2n) is 3.77. The molecule has 1 heterocycles. The van der Waals surface area contributed by atoms with Gasteiger partial charge in [0.05, 0.1) is 12.3 Å². The fraction of sp³-hybridized carbons (Fsp3) is 0.231. The van der Waals surface area contributed by atoms with Crippen molar-refractivity contribution in [2.45, 2.75) is 13.5 Å². The first-order valence-corrected chi connectivity index (χ1v) is 5.76. The van der Waals surface area contributed by atoms with Crippen molar-refractivity contribution < 1.29 is 4.74 Å². The van der Waals surface area contributed by atoms with Crippen molar-refractivity contribution in [3.05, 3.63) is 46.2 Å². The van der Waals surface area contributed by atoms with Gasteiger partial charge in [-0.1, -0.05) is 0 Å². The van der Waals surface area contributed by atoms with Crippen LogP contribution >= 0.6 is 0 Å². The number of hydrogen-bond acceptors (Lipinski definition) is 4. The molecule has 0 saturated carbocycles. The molecule has 5 heteroatoms. The summed E-state index contributed by atoms with van der Waals surface area (Å²) in [7, 11) is 0. The molecule has 2 rings (SSSR count). The smallest absolute Gasteiger partial charge is 0.264 e. The first kappa shape index (κ1) is 12.3. The maximum atomic E-state index is 11.2. The van der Waals surface area contributed by atoms with Crippen LogP contribution in [-0.4, -0.2) is 16.8 Å². The monoisotopic (exact) mass is 245 g/mol. The molecule has 0 saturated heterocycles. The predicted molar refractivity (Wildman–Crippen MR) is 69.4 cm³/mol. The number of H-pyrrole nitrogens is 1. The molecule has 0 aliphatic carbocycles. The highest BCUT2D eigenvalue weighted by atomic mass is 16.5. The SMILES string of the molecule is CCOc1ccc(-c2n[nH]c(=O)cc2CN)cc1. The van der Waals surface area contributed by atoms with Gasteiger partial charge in [-0.15, -0.1) is 0 Å². The van der Waals surface area contributed by atoms with Gasteiger partial charge in [0.1, 0.15) is 5.75 Å². The van der Waals surface area contributed by atoms with E-state index in [-0.39, 0.29) is 12.1 Å². The summed E-state index contributed by atoms with van der Waals surface area (Å²) in [5.41, 5.74) is 7.69. The third kappa shape index (κ3) is 2.57. The second-order valence-corrected chi connectivity index (χ2v) is 3.77. The molecular formula is C13H15N3O2. The van der Waals surface area contributed by atoms with E-state index in [1.165, 1.54) is 6.07 Å². The lowest BCUT2D eigenvalue weighted by Gasteiger charge is -2.07. The van der Waals surface area contributed by atoms with Crippen LogP contribution in [0.5, 0.6) is 5.75 Å². The zero-order valence-electron chi connectivity index (χ0n) is 10.1. The molecule has 0 bridgehead atoms. The number of aromatic nitrogens is 2. The summed E-state index contributed by atoms with van der Waals surface area (Å²) < 4.78 is 5.37. The molecule has 5 nitrogen and oxygen atoms in total. The lowest BCUT2D eigenvalue weighted by molar-refractivity contribution is 0.340. The minimum absolute atomic E-state index is 0.245. The minimum atomic E-state index is -0.245. The van der Waals surface area contributed by atoms with Crippen LogP contribution in [0.3, 0.4) is 0 Å². The average molecular weight is 245 g/mol. The number of nitrogens with two attached hydrogens (primary N) is 1. The fourth-order valence-electron chi connectivity index (χ4n) is 1.72. The number of nitrogens with one attached hydrogen (secondary N) is 1. The van der Waals surface area contributed by atoms with E-state index in [4.69, 9.17) is 10.5 Å². The molecule has 0 unspecified atom stereocenters. The van der Waals surface area contributed by atoms with Crippen LogP contribution in [0.4, 0.5) is 0 Å². The van der Waals surface area contributed by atoms with E-state index in [1.54, 1.807) is 0 Å². The van der Waals surface area contributed by atoms with Crippen LogP contribution < -0.4 is 16.0 Å². The Morgan fingerprint density at radius 1 is 1.33 bits per heavy atom. The first-order chi connectivity index (χ1) is 8.74. The van der Waals surface area contributed by atoms with Crippen molar-refractivity contribution in [2.24, 2.45) is 5.73 Å². The van der Waals surface area contributed by atoms with E-state index < -0.39 is 0 Å². The number of benzene rings is 1. The molecule has 0 radical (unpaired) electrons. The summed E-state index contributed by atoms with van der Waals surface area (Å²) >= 11 is 0. The van der Waals surface area contributed by atoms with Crippen LogP contribution in [-0.2, 0) is 6.54 Å². The maximum Gasteiger partial charge on any atom is 0.264 e. The lowest BCUT2D eigenvalue weighted by Crippen LogP contribution is -2.12. The standard InChI is InChI=1S/C13H15N3O2/c1-2-18-11-5-3-9(4-6-11)13-10(8-14)7-12(17)15-16-13/h3-7H,2,8,14H2,1H3,(H,15,17). The van der Waals surface area contributed by atoms with Gasteiger partial charge in [0, 0.05) is 18.2 Å². The highest BCUT2D eigenvalue weighted by Gasteiger charge is 2.07. The summed E-state index contributed by atoms with van der Waals surface area (Å²) in [6.45, 7) is 2.84. The van der Waals surface area contributed by atoms with Crippen LogP contribution in [0.15, 0.2) is 35.1 Å². The van der Waals surface area contributed by atoms with E-state index in [1.807, 2.05) is 31.2 Å². The van der Waals surface area contributed by atoms with Gasteiger partial charge in [0.25, 0.3) is 5.56 Å². The number of rotatable bonds is 4. The summed E-state index contributed by atoms with van der Waals surface area (Å²) in [6, 6.07) is 8.99. The number of nitrogens with zero attached hydrogens (tertiary/aromatic N) is 1. The summed E-state index contributed by atoms with van der Waals surface area (Å²) in [5.74, 6) is 0.806. The molecule has 3 N–H and O–H groups in total. The van der Waals surface area contributed by atoms with E-state index in [0.29, 0.717) is 12.3 Å². The zero-order chi connectivity index (χ0) is 13.0. The van der Waals surface area contributed by atoms with Crippen LogP contribution in [0, 0.1) is 0 Å². The van der Waals surface area contributed by atoms with Crippen molar-refractivity contribution in [1.29, 1.82) is 0 Å². The van der Waals surface area contributed by atoms with Crippen molar-refractivity contribution in [3.63, 3.8) is 0 Å². The van der Waals surface area contributed by atoms with Crippen LogP contribution in [0.1, 0.15) is 12.5 Å². The topological polar surface area (TPSA) is 81.0 Å². The van der Waals surface area contributed by atoms with Gasteiger partial charge in [-0.2, -0.15) is 5.10 Å². The van der Waals surface area contributed by atoms with E-state index >= 15 is 0 Å². The molecule has 0 spiro atoms. The molecule has 1 aromatic heterocycles. The third-order valence-corrected chi connectivity index (χ3v) is 2.55. The largest absolute Gasteiger partial charge is 0.494 e. The quantitative estimate of drug-likeness (QED) is 0.850. The van der Waals surface area contributed by atoms with Crippen molar-refractivity contribution >= 4 is 0 Å². The van der Waals surface area contributed by atoms with E-state index in [9.17, 15) is 4.79 Å². The van der Waals surface area contributed by atoms with Crippen molar-refractivity contribution in [2.75, 3.05) is 6.61 Å². The van der Waals surface area contributed by atoms with Gasteiger partial charge >= 0.3 is 0 Å². The number of ether oxygens (including phenoxy) is 1. The Hall–Kier alpha value is -2.14. The molecule has 0 aliphatic rings. The zero-order valence-corrected chi connectivity index (χ0v) is 10.1. The number of aromatic amines is 1. The van der Waals surface area contributed by atoms with Crippen LogP contribution in [0.25, 0.3) is 11.3 Å². The summed E-state index contributed by atoms with van der Waals surface area (Å²) in [5, 5.41) is 6.46. The highest BCUT2D eigenvalue weighted by Crippen LogP contribution is 2.22. The lowest BCUT2D eigenvalue weighted by atomic mass is 10.1. The molecule has 0 atom stereocenters. The predicted octanol–water partition coefficient (Wildman–Crippen LogP) is 1.29. The molecule has 0 fully saturated rings. The summed E-state index contributed by atoms with van der Waals surface area (Å²) in [4.78, 5) is 11.2. The van der Waals surface area contributed by atoms with Gasteiger partial charge in [-0.25, -0.2) is 5.10 Å². The first-order valence-electron chi connectivity index (χ1n) is 5.76. The fourth-order valence-corrected chi connectivity index (χ4v) is 1.72. The van der Waals surface area contributed by atoms with Crippen molar-refractivity contribution in [1.82, 2.24) is 10.2 Å². The Balaban J connectivity index is 2.39. The highest BCUT2D eigenvalue weighted by molar-refractivity contribution is 5.63. The van der Waals surface area contributed by atoms with Gasteiger partial charge < -0.3 is 10.5 Å². The van der Waals surface area contributed by atoms with Crippen LogP contribution in [0.2, 0.25) is 0 Å². The Kier molecular flexibility index (Phi) is 3.74. The van der Waals surface area contributed by atoms with Gasteiger partial charge in [0.15, 0.2) is 0 Å². The average Bonchev–Trinajstić information content (AvgIpc) is 2.40.